The van der Waals surface area contributed by atoms with Gasteiger partial charge in [0.1, 0.15) is 12.2 Å². The molecule has 0 aliphatic heterocycles. The fourth-order valence-corrected chi connectivity index (χ4v) is 2.03. The van der Waals surface area contributed by atoms with Crippen molar-refractivity contribution in [3.05, 3.63) is 56.7 Å². The van der Waals surface area contributed by atoms with Crippen LogP contribution in [-0.2, 0) is 4.84 Å². The van der Waals surface area contributed by atoms with Crippen LogP contribution < -0.4 is 11.2 Å². The van der Waals surface area contributed by atoms with Gasteiger partial charge in [0.15, 0.2) is 0 Å². The molecule has 7 nitrogen and oxygen atoms in total. The number of aromatic amines is 1. The highest BCUT2D eigenvalue weighted by atomic mass is 16.6. The topological polar surface area (TPSA) is 96.7 Å². The van der Waals surface area contributed by atoms with Gasteiger partial charge in [0.25, 0.3) is 5.56 Å². The van der Waals surface area contributed by atoms with E-state index in [1.54, 1.807) is 44.2 Å². The van der Waals surface area contributed by atoms with Gasteiger partial charge in [-0.1, -0.05) is 30.3 Å². The number of aromatic hydroxyl groups is 1. The molecular weight excluding hydrogens is 286 g/mol. The van der Waals surface area contributed by atoms with Gasteiger partial charge in [-0.2, -0.15) is 0 Å². The molecule has 0 aliphatic rings. The van der Waals surface area contributed by atoms with Gasteiger partial charge < -0.3 is 9.94 Å². The molecule has 7 heteroatoms. The van der Waals surface area contributed by atoms with Gasteiger partial charge in [-0.05, 0) is 25.5 Å². The van der Waals surface area contributed by atoms with Crippen molar-refractivity contribution in [2.75, 3.05) is 6.61 Å². The van der Waals surface area contributed by atoms with Crippen LogP contribution in [0.4, 0.5) is 0 Å². The van der Waals surface area contributed by atoms with E-state index < -0.39 is 17.1 Å². The van der Waals surface area contributed by atoms with E-state index >= 15 is 0 Å². The van der Waals surface area contributed by atoms with Crippen LogP contribution in [0.3, 0.4) is 0 Å². The number of oxime groups is 1. The molecule has 0 radical (unpaired) electrons. The molecule has 1 aromatic heterocycles. The molecule has 1 heterocycles. The highest BCUT2D eigenvalue weighted by Crippen LogP contribution is 2.17. The van der Waals surface area contributed by atoms with Crippen LogP contribution in [0.25, 0.3) is 5.69 Å². The summed E-state index contributed by atoms with van der Waals surface area (Å²) in [6, 6.07) is 8.53. The third-order valence-corrected chi connectivity index (χ3v) is 3.03. The van der Waals surface area contributed by atoms with E-state index in [1.807, 2.05) is 0 Å². The van der Waals surface area contributed by atoms with E-state index in [4.69, 9.17) is 4.84 Å². The van der Waals surface area contributed by atoms with E-state index in [1.165, 1.54) is 0 Å². The Morgan fingerprint density at radius 3 is 2.55 bits per heavy atom. The molecule has 0 atom stereocenters. The molecule has 0 fully saturated rings. The average Bonchev–Trinajstić information content (AvgIpc) is 2.51. The lowest BCUT2D eigenvalue weighted by Crippen LogP contribution is -2.33. The summed E-state index contributed by atoms with van der Waals surface area (Å²) in [5, 5.41) is 14.2. The molecule has 2 rings (SSSR count). The number of rotatable bonds is 5. The molecule has 0 amide bonds. The summed E-state index contributed by atoms with van der Waals surface area (Å²) in [6.07, 6.45) is 0.365. The highest BCUT2D eigenvalue weighted by molar-refractivity contribution is 6.01. The second kappa shape index (κ2) is 6.75. The first-order chi connectivity index (χ1) is 10.6. The van der Waals surface area contributed by atoms with Gasteiger partial charge >= 0.3 is 5.69 Å². The summed E-state index contributed by atoms with van der Waals surface area (Å²) in [5.74, 6) is -0.458. The van der Waals surface area contributed by atoms with Gasteiger partial charge in [0, 0.05) is 0 Å². The average molecular weight is 303 g/mol. The Labute approximate surface area is 126 Å². The second-order valence-electron chi connectivity index (χ2n) is 4.44. The van der Waals surface area contributed by atoms with Crippen molar-refractivity contribution < 1.29 is 9.94 Å². The van der Waals surface area contributed by atoms with Gasteiger partial charge in [-0.15, -0.1) is 0 Å². The predicted molar refractivity (Wildman–Crippen MR) is 82.8 cm³/mol. The summed E-state index contributed by atoms with van der Waals surface area (Å²) >= 11 is 0. The van der Waals surface area contributed by atoms with E-state index in [0.29, 0.717) is 18.7 Å². The molecule has 0 saturated carbocycles. The molecule has 2 N–H and O–H groups in total. The molecule has 0 aliphatic carbocycles. The molecule has 0 bridgehead atoms. The largest absolute Gasteiger partial charge is 0.493 e. The van der Waals surface area contributed by atoms with E-state index in [2.05, 4.69) is 10.1 Å². The molecule has 0 spiro atoms. The third-order valence-electron chi connectivity index (χ3n) is 3.03. The SMILES string of the molecule is CCON=C(CC)c1c(O)n(-c2ccccc2)c(=O)[nH]c1=O. The fraction of sp³-hybridized carbons (Fsp3) is 0.267. The summed E-state index contributed by atoms with van der Waals surface area (Å²) < 4.78 is 1.02. The monoisotopic (exact) mass is 303 g/mol. The van der Waals surface area contributed by atoms with Gasteiger partial charge in [-0.25, -0.2) is 9.36 Å². The Morgan fingerprint density at radius 2 is 1.95 bits per heavy atom. The number of para-hydroxylation sites is 1. The summed E-state index contributed by atoms with van der Waals surface area (Å²) in [5.41, 5.74) is -0.779. The maximum absolute atomic E-state index is 12.0. The minimum Gasteiger partial charge on any atom is -0.493 e. The first-order valence-electron chi connectivity index (χ1n) is 6.93. The quantitative estimate of drug-likeness (QED) is 0.644. The zero-order chi connectivity index (χ0) is 16.1. The first-order valence-corrected chi connectivity index (χ1v) is 6.93. The normalized spacial score (nSPS) is 11.5. The van der Waals surface area contributed by atoms with Crippen molar-refractivity contribution in [2.24, 2.45) is 5.16 Å². The Kier molecular flexibility index (Phi) is 4.77. The Morgan fingerprint density at radius 1 is 1.27 bits per heavy atom. The van der Waals surface area contributed by atoms with Crippen molar-refractivity contribution in [1.82, 2.24) is 9.55 Å². The molecule has 0 unspecified atom stereocenters. The molecule has 2 aromatic rings. The predicted octanol–water partition coefficient (Wildman–Crippen LogP) is 1.38. The van der Waals surface area contributed by atoms with E-state index in [-0.39, 0.29) is 11.3 Å². The van der Waals surface area contributed by atoms with Crippen molar-refractivity contribution in [2.45, 2.75) is 20.3 Å². The molecule has 116 valence electrons. The number of H-pyrrole nitrogens is 1. The van der Waals surface area contributed by atoms with Crippen molar-refractivity contribution >= 4 is 5.71 Å². The van der Waals surface area contributed by atoms with Crippen LogP contribution in [0.2, 0.25) is 0 Å². The van der Waals surface area contributed by atoms with Gasteiger partial charge in [0.2, 0.25) is 5.88 Å². The number of nitrogens with one attached hydrogen (secondary N) is 1. The fourth-order valence-electron chi connectivity index (χ4n) is 2.03. The molecule has 1 aromatic carbocycles. The van der Waals surface area contributed by atoms with Crippen LogP contribution in [0.1, 0.15) is 25.8 Å². The number of aromatic nitrogens is 2. The zero-order valence-electron chi connectivity index (χ0n) is 12.4. The smallest absolute Gasteiger partial charge is 0.335 e. The number of hydrogen-bond acceptors (Lipinski definition) is 5. The van der Waals surface area contributed by atoms with Crippen LogP contribution in [0.15, 0.2) is 45.1 Å². The lowest BCUT2D eigenvalue weighted by Gasteiger charge is -2.11. The lowest BCUT2D eigenvalue weighted by molar-refractivity contribution is 0.158. The molecule has 0 saturated heterocycles. The van der Waals surface area contributed by atoms with Gasteiger partial charge in [0.05, 0.1) is 11.4 Å². The second-order valence-corrected chi connectivity index (χ2v) is 4.44. The maximum Gasteiger partial charge on any atom is 0.335 e. The van der Waals surface area contributed by atoms with Crippen LogP contribution in [-0.4, -0.2) is 27.0 Å². The molecule has 22 heavy (non-hydrogen) atoms. The summed E-state index contributed by atoms with van der Waals surface area (Å²) in [6.45, 7) is 3.86. The Hall–Kier alpha value is -2.83. The van der Waals surface area contributed by atoms with Crippen molar-refractivity contribution in [1.29, 1.82) is 0 Å². The summed E-state index contributed by atoms with van der Waals surface area (Å²) in [4.78, 5) is 31.2. The third kappa shape index (κ3) is 2.93. The minimum atomic E-state index is -0.718. The van der Waals surface area contributed by atoms with Crippen molar-refractivity contribution in [3.8, 4) is 11.6 Å². The number of benzene rings is 1. The van der Waals surface area contributed by atoms with Crippen LogP contribution in [0, 0.1) is 0 Å². The lowest BCUT2D eigenvalue weighted by atomic mass is 10.1. The highest BCUT2D eigenvalue weighted by Gasteiger charge is 2.19. The maximum atomic E-state index is 12.0. The molecular formula is C15H17N3O4. The van der Waals surface area contributed by atoms with Gasteiger partial charge in [-0.3, -0.25) is 9.78 Å². The number of hydrogen-bond donors (Lipinski definition) is 2. The number of nitrogens with zero attached hydrogens (tertiary/aromatic N) is 2. The van der Waals surface area contributed by atoms with E-state index in [0.717, 1.165) is 4.57 Å². The van der Waals surface area contributed by atoms with Crippen LogP contribution >= 0.6 is 0 Å². The van der Waals surface area contributed by atoms with Crippen molar-refractivity contribution in [3.63, 3.8) is 0 Å². The Balaban J connectivity index is 2.72. The Bertz CT molecular complexity index is 791. The van der Waals surface area contributed by atoms with Crippen LogP contribution in [0.5, 0.6) is 5.88 Å². The van der Waals surface area contributed by atoms with E-state index in [9.17, 15) is 14.7 Å². The zero-order valence-corrected chi connectivity index (χ0v) is 12.4. The minimum absolute atomic E-state index is 0.0700. The standard InChI is InChI=1S/C15H17N3O4/c1-3-11(17-22-4-2)12-13(19)16-15(21)18(14(12)20)10-8-6-5-7-9-10/h5-9,20H,3-4H2,1-2H3,(H,16,19,21). The summed E-state index contributed by atoms with van der Waals surface area (Å²) in [7, 11) is 0. The first kappa shape index (κ1) is 15.6.